The van der Waals surface area contributed by atoms with Gasteiger partial charge in [0, 0.05) is 17.0 Å². The van der Waals surface area contributed by atoms with Crippen molar-refractivity contribution in [3.05, 3.63) is 39.7 Å². The Balaban J connectivity index is 0.00000112. The van der Waals surface area contributed by atoms with Gasteiger partial charge in [0.05, 0.1) is 0 Å². The van der Waals surface area contributed by atoms with E-state index in [1.807, 2.05) is 6.92 Å². The molecule has 2 aromatic rings. The average Bonchev–Trinajstić information content (AvgIpc) is 2.14. The van der Waals surface area contributed by atoms with Gasteiger partial charge in [0.2, 0.25) is 0 Å². The van der Waals surface area contributed by atoms with Crippen LogP contribution in [0.3, 0.4) is 0 Å². The smallest absolute Gasteiger partial charge is 1.00 e. The fourth-order valence-electron chi connectivity index (χ4n) is 1.44. The number of rotatable bonds is 0. The minimum absolute atomic E-state index is 0. The van der Waals surface area contributed by atoms with Gasteiger partial charge in [-0.2, -0.15) is 0 Å². The normalized spacial score (nSPS) is 10.0. The first-order chi connectivity index (χ1) is 6.59. The van der Waals surface area contributed by atoms with Gasteiger partial charge in [-0.15, -0.1) is 0 Å². The molecule has 0 aliphatic heterocycles. The second kappa shape index (κ2) is 4.39. The standard InChI is InChI=1S/C11H10O3.Na.H/c1-6-7(2)11(13)14-10-5-8(12)3-4-9(6)10;;/h3-5,12H,1-2H3;;/q;+1;-1. The van der Waals surface area contributed by atoms with Crippen molar-refractivity contribution >= 4 is 11.0 Å². The zero-order chi connectivity index (χ0) is 10.3. The number of aryl methyl sites for hydroxylation is 1. The van der Waals surface area contributed by atoms with Crippen LogP contribution < -0.4 is 35.2 Å². The third kappa shape index (κ3) is 2.09. The first-order valence-electron chi connectivity index (χ1n) is 4.32. The Morgan fingerprint density at radius 2 is 1.93 bits per heavy atom. The van der Waals surface area contributed by atoms with E-state index in [2.05, 4.69) is 0 Å². The Labute approximate surface area is 111 Å². The Kier molecular flexibility index (Phi) is 3.60. The number of hydrogen-bond acceptors (Lipinski definition) is 3. The molecule has 3 nitrogen and oxygen atoms in total. The first kappa shape index (κ1) is 12.3. The van der Waals surface area contributed by atoms with Crippen LogP contribution >= 0.6 is 0 Å². The van der Waals surface area contributed by atoms with Crippen LogP contribution in [0.1, 0.15) is 12.6 Å². The summed E-state index contributed by atoms with van der Waals surface area (Å²) in [5.74, 6) is 0.101. The number of fused-ring (bicyclic) bond motifs is 1. The molecule has 0 atom stereocenters. The van der Waals surface area contributed by atoms with E-state index in [9.17, 15) is 9.90 Å². The monoisotopic (exact) mass is 214 g/mol. The molecule has 0 bridgehead atoms. The minimum atomic E-state index is -0.347. The van der Waals surface area contributed by atoms with Crippen LogP contribution in [-0.4, -0.2) is 5.11 Å². The maximum absolute atomic E-state index is 11.3. The Morgan fingerprint density at radius 3 is 2.60 bits per heavy atom. The van der Waals surface area contributed by atoms with Gasteiger partial charge in [0.1, 0.15) is 11.3 Å². The number of hydrogen-bond donors (Lipinski definition) is 1. The van der Waals surface area contributed by atoms with Gasteiger partial charge in [-0.05, 0) is 31.5 Å². The van der Waals surface area contributed by atoms with E-state index in [1.165, 1.54) is 6.07 Å². The molecule has 0 unspecified atom stereocenters. The van der Waals surface area contributed by atoms with Crippen molar-refractivity contribution in [3.8, 4) is 5.75 Å². The number of phenols is 1. The molecule has 2 rings (SSSR count). The number of aromatic hydroxyl groups is 1. The summed E-state index contributed by atoms with van der Waals surface area (Å²) >= 11 is 0. The summed E-state index contributed by atoms with van der Waals surface area (Å²) in [7, 11) is 0. The van der Waals surface area contributed by atoms with Gasteiger partial charge in [0.15, 0.2) is 0 Å². The maximum atomic E-state index is 11.3. The molecule has 0 radical (unpaired) electrons. The van der Waals surface area contributed by atoms with Crippen LogP contribution in [-0.2, 0) is 0 Å². The second-order valence-electron chi connectivity index (χ2n) is 3.32. The molecule has 1 N–H and O–H groups in total. The van der Waals surface area contributed by atoms with Crippen molar-refractivity contribution in [2.24, 2.45) is 0 Å². The molecule has 0 spiro atoms. The van der Waals surface area contributed by atoms with Crippen molar-refractivity contribution in [2.75, 3.05) is 0 Å². The van der Waals surface area contributed by atoms with Crippen LogP contribution in [0.2, 0.25) is 0 Å². The molecular weight excluding hydrogens is 203 g/mol. The zero-order valence-corrected chi connectivity index (χ0v) is 11.0. The van der Waals surface area contributed by atoms with Crippen LogP contribution in [0.15, 0.2) is 27.4 Å². The van der Waals surface area contributed by atoms with Crippen LogP contribution in [0.4, 0.5) is 0 Å². The third-order valence-electron chi connectivity index (χ3n) is 2.44. The fraction of sp³-hybridized carbons (Fsp3) is 0.182. The van der Waals surface area contributed by atoms with E-state index >= 15 is 0 Å². The van der Waals surface area contributed by atoms with Gasteiger partial charge in [-0.3, -0.25) is 0 Å². The van der Waals surface area contributed by atoms with Gasteiger partial charge in [0.25, 0.3) is 0 Å². The van der Waals surface area contributed by atoms with Crippen molar-refractivity contribution in [1.82, 2.24) is 0 Å². The predicted molar refractivity (Wildman–Crippen MR) is 54.7 cm³/mol. The Morgan fingerprint density at radius 1 is 1.27 bits per heavy atom. The quantitative estimate of drug-likeness (QED) is 0.463. The summed E-state index contributed by atoms with van der Waals surface area (Å²) in [6.45, 7) is 3.60. The molecule has 0 aliphatic carbocycles. The first-order valence-corrected chi connectivity index (χ1v) is 4.32. The van der Waals surface area contributed by atoms with Crippen molar-refractivity contribution in [1.29, 1.82) is 0 Å². The molecule has 4 heteroatoms. The maximum Gasteiger partial charge on any atom is 1.00 e. The number of benzene rings is 1. The number of phenolic OH excluding ortho intramolecular Hbond substituents is 1. The van der Waals surface area contributed by atoms with Gasteiger partial charge in [-0.1, -0.05) is 0 Å². The van der Waals surface area contributed by atoms with E-state index in [0.717, 1.165) is 10.9 Å². The van der Waals surface area contributed by atoms with E-state index < -0.39 is 0 Å². The average molecular weight is 214 g/mol. The van der Waals surface area contributed by atoms with Crippen molar-refractivity contribution < 1.29 is 40.5 Å². The molecule has 1 heterocycles. The molecule has 0 amide bonds. The van der Waals surface area contributed by atoms with Crippen LogP contribution in [0.5, 0.6) is 5.75 Å². The summed E-state index contributed by atoms with van der Waals surface area (Å²) in [5.41, 5.74) is 1.60. The van der Waals surface area contributed by atoms with Crippen LogP contribution in [0.25, 0.3) is 11.0 Å². The van der Waals surface area contributed by atoms with E-state index in [-0.39, 0.29) is 42.4 Å². The second-order valence-corrected chi connectivity index (χ2v) is 3.32. The summed E-state index contributed by atoms with van der Waals surface area (Å²) in [6.07, 6.45) is 0. The predicted octanol–water partition coefficient (Wildman–Crippen LogP) is -0.768. The summed E-state index contributed by atoms with van der Waals surface area (Å²) in [4.78, 5) is 11.3. The van der Waals surface area contributed by atoms with E-state index in [1.54, 1.807) is 19.1 Å². The SMILES string of the molecule is Cc1c(C)c2ccc(O)cc2oc1=O.[H-].[Na+]. The van der Waals surface area contributed by atoms with Gasteiger partial charge >= 0.3 is 35.2 Å². The fourth-order valence-corrected chi connectivity index (χ4v) is 1.44. The summed E-state index contributed by atoms with van der Waals surface area (Å²) in [6, 6.07) is 4.77. The largest absolute Gasteiger partial charge is 1.00 e. The van der Waals surface area contributed by atoms with Gasteiger partial charge in [-0.25, -0.2) is 4.79 Å². The molecule has 1 aromatic heterocycles. The van der Waals surface area contributed by atoms with Crippen molar-refractivity contribution in [3.63, 3.8) is 0 Å². The minimum Gasteiger partial charge on any atom is -1.00 e. The Bertz CT molecular complexity index is 563. The molecule has 1 aromatic carbocycles. The van der Waals surface area contributed by atoms with E-state index in [0.29, 0.717) is 11.1 Å². The van der Waals surface area contributed by atoms with Gasteiger partial charge < -0.3 is 11.0 Å². The summed E-state index contributed by atoms with van der Waals surface area (Å²) in [5, 5.41) is 10.1. The van der Waals surface area contributed by atoms with Crippen LogP contribution in [0, 0.1) is 13.8 Å². The topological polar surface area (TPSA) is 50.4 Å². The van der Waals surface area contributed by atoms with E-state index in [4.69, 9.17) is 4.42 Å². The molecule has 74 valence electrons. The molecule has 0 saturated carbocycles. The molecular formula is C11H11NaO3. The molecule has 0 fully saturated rings. The molecule has 0 aliphatic rings. The zero-order valence-electron chi connectivity index (χ0n) is 10.00. The third-order valence-corrected chi connectivity index (χ3v) is 2.44. The summed E-state index contributed by atoms with van der Waals surface area (Å²) < 4.78 is 5.04. The molecule has 15 heavy (non-hydrogen) atoms. The molecule has 0 saturated heterocycles. The Hall–Kier alpha value is -0.770. The van der Waals surface area contributed by atoms with Crippen molar-refractivity contribution in [2.45, 2.75) is 13.8 Å².